The second-order valence-corrected chi connectivity index (χ2v) is 11.9. The maximum absolute atomic E-state index is 14.4. The summed E-state index contributed by atoms with van der Waals surface area (Å²) in [5, 5.41) is 33.1. The Bertz CT molecular complexity index is 1590. The standard InChI is InChI=1S/C34H42O8/c1-19(2)10-9-11-22(7)15-17-33(16-14-21(5)6)27-28(37)26-25(36)18-24(35)23(13-12-20(3)4)29(26)42-30(27)34(40,31(33)38)32(39)41-8/h10,12,14-15,18,35-36,40H,9,11,13,16-17H2,1-8H3/b22-15+/t33-,34-/m1/s1. The molecule has 0 amide bonds. The van der Waals surface area contributed by atoms with Gasteiger partial charge in [0.05, 0.1) is 18.1 Å². The molecule has 1 aromatic carbocycles. The van der Waals surface area contributed by atoms with Crippen molar-refractivity contribution in [3.63, 3.8) is 0 Å². The van der Waals surface area contributed by atoms with Gasteiger partial charge in [0.1, 0.15) is 22.5 Å². The van der Waals surface area contributed by atoms with Gasteiger partial charge in [0.25, 0.3) is 5.60 Å². The monoisotopic (exact) mass is 578 g/mol. The first-order chi connectivity index (χ1) is 19.6. The van der Waals surface area contributed by atoms with E-state index in [0.717, 1.165) is 36.3 Å². The molecule has 1 aliphatic carbocycles. The number of Topliss-reactive ketones (excluding diaryl/α,β-unsaturated/α-hetero) is 1. The van der Waals surface area contributed by atoms with Crippen LogP contribution in [0.5, 0.6) is 11.5 Å². The molecule has 0 unspecified atom stereocenters. The fourth-order valence-electron chi connectivity index (χ4n) is 5.36. The van der Waals surface area contributed by atoms with Gasteiger partial charge in [-0.1, -0.05) is 46.6 Å². The SMILES string of the molecule is COC(=O)[C@]1(O)C(=O)[C@](CC=C(C)C)(C/C=C(\C)CCC=C(C)C)c2c1oc1c(CC=C(C)C)c(O)cc(O)c1c2=O. The number of carbonyl (C=O) groups excluding carboxylic acids is 2. The Labute approximate surface area is 246 Å². The molecular weight excluding hydrogens is 536 g/mol. The van der Waals surface area contributed by atoms with Crippen LogP contribution < -0.4 is 5.43 Å². The Balaban J connectivity index is 2.46. The van der Waals surface area contributed by atoms with Crippen LogP contribution in [-0.4, -0.2) is 34.2 Å². The Morgan fingerprint density at radius 3 is 2.07 bits per heavy atom. The van der Waals surface area contributed by atoms with E-state index in [1.54, 1.807) is 12.2 Å². The third-order valence-corrected chi connectivity index (χ3v) is 7.74. The predicted molar refractivity (Wildman–Crippen MR) is 163 cm³/mol. The fraction of sp³-hybridized carbons (Fsp3) is 0.441. The number of allylic oxidation sites excluding steroid dienone is 8. The van der Waals surface area contributed by atoms with Crippen LogP contribution in [0.15, 0.2) is 61.9 Å². The molecule has 0 bridgehead atoms. The van der Waals surface area contributed by atoms with Crippen LogP contribution in [0.2, 0.25) is 0 Å². The lowest BCUT2D eigenvalue weighted by Crippen LogP contribution is -2.47. The van der Waals surface area contributed by atoms with Gasteiger partial charge >= 0.3 is 5.97 Å². The minimum absolute atomic E-state index is 0.00203. The summed E-state index contributed by atoms with van der Waals surface area (Å²) in [4.78, 5) is 41.9. The molecule has 2 aromatic rings. The van der Waals surface area contributed by atoms with Crippen LogP contribution in [0, 0.1) is 0 Å². The van der Waals surface area contributed by atoms with E-state index in [4.69, 9.17) is 9.15 Å². The molecule has 0 radical (unpaired) electrons. The Hall–Kier alpha value is -3.91. The molecule has 3 rings (SSSR count). The van der Waals surface area contributed by atoms with Crippen LogP contribution in [0.1, 0.15) is 91.0 Å². The fourth-order valence-corrected chi connectivity index (χ4v) is 5.36. The number of benzene rings is 1. The molecule has 3 N–H and O–H groups in total. The lowest BCUT2D eigenvalue weighted by Gasteiger charge is -2.27. The molecule has 226 valence electrons. The van der Waals surface area contributed by atoms with E-state index in [1.807, 2.05) is 54.5 Å². The quantitative estimate of drug-likeness (QED) is 0.169. The van der Waals surface area contributed by atoms with Crippen molar-refractivity contribution in [3.8, 4) is 11.5 Å². The number of aliphatic hydroxyl groups is 1. The molecule has 0 spiro atoms. The molecule has 8 heteroatoms. The highest BCUT2D eigenvalue weighted by atomic mass is 16.5. The maximum atomic E-state index is 14.4. The minimum Gasteiger partial charge on any atom is -0.507 e. The third kappa shape index (κ3) is 5.86. The molecule has 8 nitrogen and oxygen atoms in total. The summed E-state index contributed by atoms with van der Waals surface area (Å²) < 4.78 is 11.0. The lowest BCUT2D eigenvalue weighted by atomic mass is 9.73. The number of carbonyl (C=O) groups is 2. The summed E-state index contributed by atoms with van der Waals surface area (Å²) in [7, 11) is 1.04. The van der Waals surface area contributed by atoms with Gasteiger partial charge in [-0.3, -0.25) is 9.59 Å². The summed E-state index contributed by atoms with van der Waals surface area (Å²) in [6.07, 6.45) is 9.16. The van der Waals surface area contributed by atoms with Crippen LogP contribution in [0.4, 0.5) is 0 Å². The van der Waals surface area contributed by atoms with Gasteiger partial charge < -0.3 is 24.5 Å². The Morgan fingerprint density at radius 2 is 1.50 bits per heavy atom. The van der Waals surface area contributed by atoms with Crippen molar-refractivity contribution in [2.75, 3.05) is 7.11 Å². The molecule has 1 aromatic heterocycles. The van der Waals surface area contributed by atoms with Crippen LogP contribution in [-0.2, 0) is 31.8 Å². The number of aromatic hydroxyl groups is 2. The van der Waals surface area contributed by atoms with Crippen LogP contribution >= 0.6 is 0 Å². The first-order valence-electron chi connectivity index (χ1n) is 14.1. The number of ketones is 1. The summed E-state index contributed by atoms with van der Waals surface area (Å²) >= 11 is 0. The van der Waals surface area contributed by atoms with Crippen molar-refractivity contribution in [3.05, 3.63) is 79.8 Å². The number of phenolic OH excluding ortho intramolecular Hbond substituents is 2. The molecule has 0 aliphatic heterocycles. The summed E-state index contributed by atoms with van der Waals surface area (Å²) in [6.45, 7) is 13.3. The van der Waals surface area contributed by atoms with Crippen molar-refractivity contribution in [2.24, 2.45) is 0 Å². The van der Waals surface area contributed by atoms with Gasteiger partial charge in [0, 0.05) is 11.6 Å². The summed E-state index contributed by atoms with van der Waals surface area (Å²) in [5.74, 6) is -3.64. The largest absolute Gasteiger partial charge is 0.507 e. The number of hydrogen-bond donors (Lipinski definition) is 3. The van der Waals surface area contributed by atoms with Crippen molar-refractivity contribution in [2.45, 2.75) is 91.6 Å². The zero-order valence-corrected chi connectivity index (χ0v) is 25.8. The maximum Gasteiger partial charge on any atom is 0.354 e. The molecule has 2 atom stereocenters. The normalized spacial score (nSPS) is 19.8. The number of phenols is 2. The van der Waals surface area contributed by atoms with Crippen molar-refractivity contribution < 1.29 is 34.1 Å². The first-order valence-corrected chi connectivity index (χ1v) is 14.1. The summed E-state index contributed by atoms with van der Waals surface area (Å²) in [5.41, 5.74) is -1.66. The van der Waals surface area contributed by atoms with Gasteiger partial charge in [-0.2, -0.15) is 0 Å². The van der Waals surface area contributed by atoms with E-state index in [9.17, 15) is 29.7 Å². The molecule has 1 aliphatic rings. The average Bonchev–Trinajstić information content (AvgIpc) is 3.09. The topological polar surface area (TPSA) is 134 Å². The number of fused-ring (bicyclic) bond motifs is 2. The zero-order chi connectivity index (χ0) is 31.6. The third-order valence-electron chi connectivity index (χ3n) is 7.74. The predicted octanol–water partition coefficient (Wildman–Crippen LogP) is 6.33. The van der Waals surface area contributed by atoms with Gasteiger partial charge in [-0.25, -0.2) is 4.79 Å². The molecule has 42 heavy (non-hydrogen) atoms. The van der Waals surface area contributed by atoms with Gasteiger partial charge in [-0.15, -0.1) is 0 Å². The van der Waals surface area contributed by atoms with Gasteiger partial charge in [0.15, 0.2) is 11.5 Å². The van der Waals surface area contributed by atoms with Gasteiger partial charge in [0.2, 0.25) is 5.43 Å². The minimum atomic E-state index is -2.91. The molecular formula is C34H42O8. The number of esters is 1. The number of rotatable bonds is 10. The summed E-state index contributed by atoms with van der Waals surface area (Å²) in [6, 6.07) is 1.06. The van der Waals surface area contributed by atoms with Gasteiger partial charge in [-0.05, 0) is 80.6 Å². The van der Waals surface area contributed by atoms with Crippen molar-refractivity contribution >= 4 is 22.7 Å². The second kappa shape index (κ2) is 12.5. The van der Waals surface area contributed by atoms with E-state index in [0.29, 0.717) is 6.42 Å². The molecule has 1 heterocycles. The van der Waals surface area contributed by atoms with Crippen LogP contribution in [0.3, 0.4) is 0 Å². The van der Waals surface area contributed by atoms with E-state index >= 15 is 0 Å². The van der Waals surface area contributed by atoms with E-state index in [2.05, 4.69) is 6.08 Å². The molecule has 0 saturated carbocycles. The zero-order valence-electron chi connectivity index (χ0n) is 25.8. The number of ether oxygens (including phenoxy) is 1. The Morgan fingerprint density at radius 1 is 0.905 bits per heavy atom. The molecule has 0 fully saturated rings. The lowest BCUT2D eigenvalue weighted by molar-refractivity contribution is -0.171. The first kappa shape index (κ1) is 32.6. The number of methoxy groups -OCH3 is 1. The van der Waals surface area contributed by atoms with Crippen LogP contribution in [0.25, 0.3) is 11.0 Å². The Kier molecular flexibility index (Phi) is 9.73. The average molecular weight is 579 g/mol. The van der Waals surface area contributed by atoms with E-state index in [1.165, 1.54) is 5.57 Å². The van der Waals surface area contributed by atoms with Crippen molar-refractivity contribution in [1.29, 1.82) is 0 Å². The van der Waals surface area contributed by atoms with E-state index < -0.39 is 39.7 Å². The van der Waals surface area contributed by atoms with Crippen molar-refractivity contribution in [1.82, 2.24) is 0 Å². The number of hydrogen-bond acceptors (Lipinski definition) is 8. The van der Waals surface area contributed by atoms with E-state index in [-0.39, 0.29) is 47.1 Å². The second-order valence-electron chi connectivity index (χ2n) is 11.9. The highest BCUT2D eigenvalue weighted by Gasteiger charge is 2.67. The highest BCUT2D eigenvalue weighted by molar-refractivity contribution is 6.16. The molecule has 0 saturated heterocycles. The highest BCUT2D eigenvalue weighted by Crippen LogP contribution is 2.51. The smallest absolute Gasteiger partial charge is 0.354 e.